The topological polar surface area (TPSA) is 46.8 Å². The Labute approximate surface area is 141 Å². The number of para-hydroxylation sites is 1. The lowest BCUT2D eigenvalue weighted by Crippen LogP contribution is -2.26. The molecule has 0 unspecified atom stereocenters. The second-order valence-corrected chi connectivity index (χ2v) is 5.92. The summed E-state index contributed by atoms with van der Waals surface area (Å²) in [4.78, 5) is 18.9. The molecule has 3 aromatic rings. The molecule has 0 aliphatic heterocycles. The van der Waals surface area contributed by atoms with Crippen LogP contribution in [0.5, 0.6) is 5.75 Å². The summed E-state index contributed by atoms with van der Waals surface area (Å²) in [6.45, 7) is 3.91. The highest BCUT2D eigenvalue weighted by Gasteiger charge is 2.06. The average Bonchev–Trinajstić information content (AvgIpc) is 2.56. The summed E-state index contributed by atoms with van der Waals surface area (Å²) in [5.41, 5.74) is 2.44. The second kappa shape index (κ2) is 7.27. The van der Waals surface area contributed by atoms with E-state index in [9.17, 15) is 4.79 Å². The van der Waals surface area contributed by atoms with Gasteiger partial charge in [-0.25, -0.2) is 4.98 Å². The number of rotatable bonds is 6. The van der Waals surface area contributed by atoms with Gasteiger partial charge in [0.2, 0.25) is 0 Å². The zero-order chi connectivity index (χ0) is 16.9. The van der Waals surface area contributed by atoms with E-state index in [4.69, 9.17) is 4.74 Å². The fraction of sp³-hybridized carbons (Fsp3) is 0.263. The number of aryl methyl sites for hydroxylation is 1. The highest BCUT2D eigenvalue weighted by molar-refractivity contribution is 5.39. The van der Waals surface area contributed by atoms with Crippen molar-refractivity contribution in [2.45, 2.75) is 13.5 Å². The van der Waals surface area contributed by atoms with Crippen LogP contribution in [0.25, 0.3) is 5.65 Å². The maximum absolute atomic E-state index is 12.2. The molecule has 0 N–H and O–H groups in total. The number of aromatic nitrogens is 2. The molecule has 0 aliphatic rings. The highest BCUT2D eigenvalue weighted by Crippen LogP contribution is 2.08. The van der Waals surface area contributed by atoms with Gasteiger partial charge in [-0.05, 0) is 37.7 Å². The van der Waals surface area contributed by atoms with Gasteiger partial charge in [0, 0.05) is 25.4 Å². The Hall–Kier alpha value is -2.66. The number of benzene rings is 1. The first-order chi connectivity index (χ1) is 11.6. The lowest BCUT2D eigenvalue weighted by Gasteiger charge is -2.16. The summed E-state index contributed by atoms with van der Waals surface area (Å²) in [5, 5.41) is 0. The van der Waals surface area contributed by atoms with Crippen LogP contribution in [0.4, 0.5) is 0 Å². The molecule has 0 amide bonds. The quantitative estimate of drug-likeness (QED) is 0.699. The largest absolute Gasteiger partial charge is 0.492 e. The Kier molecular flexibility index (Phi) is 4.91. The van der Waals surface area contributed by atoms with Gasteiger partial charge in [0.15, 0.2) is 0 Å². The molecular formula is C19H21N3O2. The molecule has 2 aromatic heterocycles. The molecule has 0 saturated heterocycles. The lowest BCUT2D eigenvalue weighted by atomic mass is 10.3. The maximum Gasteiger partial charge on any atom is 0.258 e. The number of nitrogens with zero attached hydrogens (tertiary/aromatic N) is 3. The molecule has 24 heavy (non-hydrogen) atoms. The first-order valence-electron chi connectivity index (χ1n) is 7.97. The van der Waals surface area contributed by atoms with Crippen molar-refractivity contribution in [2.75, 3.05) is 20.2 Å². The average molecular weight is 323 g/mol. The van der Waals surface area contributed by atoms with E-state index >= 15 is 0 Å². The predicted octanol–water partition coefficient (Wildman–Crippen LogP) is 2.51. The van der Waals surface area contributed by atoms with Crippen LogP contribution in [0.15, 0.2) is 59.5 Å². The smallest absolute Gasteiger partial charge is 0.258 e. The number of pyridine rings is 1. The third kappa shape index (κ3) is 4.00. The van der Waals surface area contributed by atoms with E-state index in [0.717, 1.165) is 23.6 Å². The molecule has 2 heterocycles. The molecule has 3 rings (SSSR count). The summed E-state index contributed by atoms with van der Waals surface area (Å²) in [6, 6.07) is 15.2. The van der Waals surface area contributed by atoms with Crippen molar-refractivity contribution in [2.24, 2.45) is 0 Å². The molecule has 0 aliphatic carbocycles. The molecule has 0 bridgehead atoms. The molecule has 0 saturated carbocycles. The predicted molar refractivity (Wildman–Crippen MR) is 94.5 cm³/mol. The Balaban J connectivity index is 1.62. The fourth-order valence-corrected chi connectivity index (χ4v) is 2.53. The van der Waals surface area contributed by atoms with Crippen molar-refractivity contribution < 1.29 is 4.74 Å². The third-order valence-corrected chi connectivity index (χ3v) is 3.78. The first kappa shape index (κ1) is 16.2. The van der Waals surface area contributed by atoms with Crippen molar-refractivity contribution >= 4 is 5.65 Å². The molecule has 1 aromatic carbocycles. The van der Waals surface area contributed by atoms with Gasteiger partial charge in [-0.15, -0.1) is 0 Å². The van der Waals surface area contributed by atoms with Crippen molar-refractivity contribution in [1.29, 1.82) is 0 Å². The van der Waals surface area contributed by atoms with Gasteiger partial charge >= 0.3 is 0 Å². The summed E-state index contributed by atoms with van der Waals surface area (Å²) < 4.78 is 7.27. The molecular weight excluding hydrogens is 302 g/mol. The van der Waals surface area contributed by atoms with Gasteiger partial charge in [0.05, 0.1) is 5.69 Å². The lowest BCUT2D eigenvalue weighted by molar-refractivity contribution is 0.231. The zero-order valence-corrected chi connectivity index (χ0v) is 14.0. The van der Waals surface area contributed by atoms with E-state index in [2.05, 4.69) is 9.88 Å². The molecule has 0 radical (unpaired) electrons. The van der Waals surface area contributed by atoms with Gasteiger partial charge in [-0.3, -0.25) is 14.1 Å². The van der Waals surface area contributed by atoms with E-state index in [-0.39, 0.29) is 5.56 Å². The summed E-state index contributed by atoms with van der Waals surface area (Å²) >= 11 is 0. The minimum absolute atomic E-state index is 0.0485. The zero-order valence-electron chi connectivity index (χ0n) is 14.0. The Morgan fingerprint density at radius 2 is 1.96 bits per heavy atom. The van der Waals surface area contributed by atoms with Crippen molar-refractivity contribution in [3.8, 4) is 5.75 Å². The van der Waals surface area contributed by atoms with Crippen molar-refractivity contribution in [3.05, 3.63) is 76.3 Å². The number of hydrogen-bond acceptors (Lipinski definition) is 4. The van der Waals surface area contributed by atoms with Crippen LogP contribution in [0.2, 0.25) is 0 Å². The summed E-state index contributed by atoms with van der Waals surface area (Å²) in [6.07, 6.45) is 1.81. The van der Waals surface area contributed by atoms with E-state index in [1.807, 2.05) is 62.6 Å². The first-order valence-corrected chi connectivity index (χ1v) is 7.97. The number of likely N-dealkylation sites (N-methyl/N-ethyl adjacent to an activating group) is 1. The van der Waals surface area contributed by atoms with E-state index in [1.165, 1.54) is 0 Å². The summed E-state index contributed by atoms with van der Waals surface area (Å²) in [5.74, 6) is 0.864. The molecule has 5 heteroatoms. The van der Waals surface area contributed by atoms with Gasteiger partial charge < -0.3 is 4.74 Å². The maximum atomic E-state index is 12.2. The Bertz CT molecular complexity index is 875. The minimum atomic E-state index is -0.0485. The van der Waals surface area contributed by atoms with Gasteiger partial charge in [0.25, 0.3) is 5.56 Å². The Morgan fingerprint density at radius 3 is 2.75 bits per heavy atom. The van der Waals surface area contributed by atoms with Crippen LogP contribution in [0, 0.1) is 6.92 Å². The number of ether oxygens (including phenoxy) is 1. The van der Waals surface area contributed by atoms with Crippen LogP contribution in [0.3, 0.4) is 0 Å². The van der Waals surface area contributed by atoms with E-state index < -0.39 is 0 Å². The molecule has 5 nitrogen and oxygen atoms in total. The van der Waals surface area contributed by atoms with Crippen LogP contribution in [0.1, 0.15) is 11.3 Å². The van der Waals surface area contributed by atoms with E-state index in [0.29, 0.717) is 18.8 Å². The van der Waals surface area contributed by atoms with Crippen molar-refractivity contribution in [3.63, 3.8) is 0 Å². The standard InChI is InChI=1S/C19H21N3O2/c1-15-8-9-18-20-16(12-19(23)22(18)13-15)14-21(2)10-11-24-17-6-4-3-5-7-17/h3-9,12-13H,10-11,14H2,1-2H3. The molecule has 124 valence electrons. The number of fused-ring (bicyclic) bond motifs is 1. The third-order valence-electron chi connectivity index (χ3n) is 3.78. The fourth-order valence-electron chi connectivity index (χ4n) is 2.53. The molecule has 0 spiro atoms. The highest BCUT2D eigenvalue weighted by atomic mass is 16.5. The Morgan fingerprint density at radius 1 is 1.17 bits per heavy atom. The number of hydrogen-bond donors (Lipinski definition) is 0. The van der Waals surface area contributed by atoms with Crippen LogP contribution < -0.4 is 10.3 Å². The monoisotopic (exact) mass is 323 g/mol. The SMILES string of the molecule is Cc1ccc2nc(CN(C)CCOc3ccccc3)cc(=O)n2c1. The van der Waals surface area contributed by atoms with Crippen LogP contribution >= 0.6 is 0 Å². The minimum Gasteiger partial charge on any atom is -0.492 e. The van der Waals surface area contributed by atoms with E-state index in [1.54, 1.807) is 10.5 Å². The van der Waals surface area contributed by atoms with Gasteiger partial charge in [-0.2, -0.15) is 0 Å². The molecule has 0 atom stereocenters. The van der Waals surface area contributed by atoms with Crippen LogP contribution in [-0.2, 0) is 6.54 Å². The molecule has 0 fully saturated rings. The second-order valence-electron chi connectivity index (χ2n) is 5.92. The van der Waals surface area contributed by atoms with Crippen LogP contribution in [-0.4, -0.2) is 34.5 Å². The van der Waals surface area contributed by atoms with Crippen molar-refractivity contribution in [1.82, 2.24) is 14.3 Å². The normalized spacial score (nSPS) is 11.1. The summed E-state index contributed by atoms with van der Waals surface area (Å²) in [7, 11) is 1.99. The van der Waals surface area contributed by atoms with Gasteiger partial charge in [-0.1, -0.05) is 24.3 Å². The van der Waals surface area contributed by atoms with Gasteiger partial charge in [0.1, 0.15) is 18.0 Å².